The lowest BCUT2D eigenvalue weighted by atomic mass is 10.1. The van der Waals surface area contributed by atoms with Gasteiger partial charge in [-0.1, -0.05) is 12.1 Å². The highest BCUT2D eigenvalue weighted by Crippen LogP contribution is 2.13. The van der Waals surface area contributed by atoms with Gasteiger partial charge in [0.15, 0.2) is 0 Å². The highest BCUT2D eigenvalue weighted by Gasteiger charge is 2.11. The van der Waals surface area contributed by atoms with Crippen LogP contribution in [0.3, 0.4) is 0 Å². The standard InChI is InChI=1S/C14H18N3O/c1-10(18)9-11-4-6-12(7-5-11)17-14-13(15)3-2-8-16-14/h3-8,10,14,16-18H,9,15H2,1H3/t10-,14?/m0/s1. The second-order valence-electron chi connectivity index (χ2n) is 4.45. The van der Waals surface area contributed by atoms with Crippen LogP contribution >= 0.6 is 0 Å². The Morgan fingerprint density at radius 2 is 2.17 bits per heavy atom. The number of rotatable bonds is 4. The van der Waals surface area contributed by atoms with Gasteiger partial charge in [-0.05, 0) is 37.1 Å². The first-order valence-electron chi connectivity index (χ1n) is 5.98. The van der Waals surface area contributed by atoms with Crippen LogP contribution in [-0.4, -0.2) is 17.4 Å². The van der Waals surface area contributed by atoms with E-state index in [0.29, 0.717) is 12.1 Å². The van der Waals surface area contributed by atoms with Gasteiger partial charge in [0.1, 0.15) is 6.17 Å². The van der Waals surface area contributed by atoms with Gasteiger partial charge in [0.25, 0.3) is 0 Å². The van der Waals surface area contributed by atoms with E-state index in [-0.39, 0.29) is 12.3 Å². The molecular formula is C14H18N3O. The van der Waals surface area contributed by atoms with E-state index in [4.69, 9.17) is 5.73 Å². The molecule has 5 N–H and O–H groups in total. The highest BCUT2D eigenvalue weighted by molar-refractivity contribution is 5.47. The Balaban J connectivity index is 1.98. The summed E-state index contributed by atoms with van der Waals surface area (Å²) in [5.74, 6) is 0. The summed E-state index contributed by atoms with van der Waals surface area (Å²) in [6.07, 6.45) is 6.62. The van der Waals surface area contributed by atoms with Gasteiger partial charge in [0, 0.05) is 18.0 Å². The molecule has 18 heavy (non-hydrogen) atoms. The van der Waals surface area contributed by atoms with Gasteiger partial charge in [-0.15, -0.1) is 0 Å². The minimum Gasteiger partial charge on any atom is -0.399 e. The predicted octanol–water partition coefficient (Wildman–Crippen LogP) is 1.11. The maximum absolute atomic E-state index is 9.31. The number of nitrogens with one attached hydrogen (secondary N) is 2. The molecule has 4 nitrogen and oxygen atoms in total. The van der Waals surface area contributed by atoms with Crippen molar-refractivity contribution in [3.05, 3.63) is 53.9 Å². The monoisotopic (exact) mass is 244 g/mol. The van der Waals surface area contributed by atoms with Crippen LogP contribution in [0.1, 0.15) is 12.5 Å². The third-order valence-electron chi connectivity index (χ3n) is 2.71. The van der Waals surface area contributed by atoms with E-state index in [0.717, 1.165) is 11.3 Å². The average Bonchev–Trinajstić information content (AvgIpc) is 2.34. The normalized spacial score (nSPS) is 19.9. The maximum Gasteiger partial charge on any atom is 0.137 e. The molecule has 0 saturated heterocycles. The quantitative estimate of drug-likeness (QED) is 0.640. The molecule has 1 aromatic carbocycles. The Morgan fingerprint density at radius 1 is 1.44 bits per heavy atom. The number of hydrogen-bond donors (Lipinski definition) is 4. The second kappa shape index (κ2) is 5.60. The van der Waals surface area contributed by atoms with Crippen molar-refractivity contribution in [2.24, 2.45) is 5.73 Å². The lowest BCUT2D eigenvalue weighted by Gasteiger charge is -2.22. The molecule has 0 spiro atoms. The molecule has 1 unspecified atom stereocenters. The lowest BCUT2D eigenvalue weighted by Crippen LogP contribution is -2.39. The van der Waals surface area contributed by atoms with E-state index in [1.807, 2.05) is 24.3 Å². The van der Waals surface area contributed by atoms with Gasteiger partial charge in [-0.2, -0.15) is 0 Å². The van der Waals surface area contributed by atoms with Crippen molar-refractivity contribution in [1.29, 1.82) is 0 Å². The van der Waals surface area contributed by atoms with Crippen molar-refractivity contribution in [3.8, 4) is 0 Å². The molecule has 0 aromatic heterocycles. The zero-order chi connectivity index (χ0) is 13.0. The van der Waals surface area contributed by atoms with Gasteiger partial charge in [0.05, 0.1) is 11.8 Å². The fraction of sp³-hybridized carbons (Fsp3) is 0.286. The van der Waals surface area contributed by atoms with Gasteiger partial charge >= 0.3 is 0 Å². The van der Waals surface area contributed by atoms with Crippen LogP contribution in [0, 0.1) is 6.08 Å². The molecule has 0 aliphatic carbocycles. The van der Waals surface area contributed by atoms with Gasteiger partial charge in [-0.25, -0.2) is 0 Å². The largest absolute Gasteiger partial charge is 0.399 e. The van der Waals surface area contributed by atoms with E-state index < -0.39 is 0 Å². The van der Waals surface area contributed by atoms with E-state index in [2.05, 4.69) is 16.7 Å². The van der Waals surface area contributed by atoms with Crippen LogP contribution in [-0.2, 0) is 6.42 Å². The van der Waals surface area contributed by atoms with Crippen LogP contribution in [0.15, 0.2) is 42.2 Å². The molecule has 1 aliphatic rings. The van der Waals surface area contributed by atoms with Crippen molar-refractivity contribution in [2.45, 2.75) is 25.6 Å². The molecule has 4 heteroatoms. The zero-order valence-corrected chi connectivity index (χ0v) is 10.4. The van der Waals surface area contributed by atoms with Gasteiger partial charge < -0.3 is 21.5 Å². The molecule has 1 aromatic rings. The van der Waals surface area contributed by atoms with E-state index in [1.165, 1.54) is 0 Å². The minimum atomic E-state index is -0.317. The summed E-state index contributed by atoms with van der Waals surface area (Å²) >= 11 is 0. The van der Waals surface area contributed by atoms with Gasteiger partial charge in [-0.3, -0.25) is 0 Å². The Kier molecular flexibility index (Phi) is 3.89. The molecule has 1 heterocycles. The summed E-state index contributed by atoms with van der Waals surface area (Å²) in [4.78, 5) is 0. The molecule has 1 aliphatic heterocycles. The summed E-state index contributed by atoms with van der Waals surface area (Å²) in [6, 6.07) is 7.96. The van der Waals surface area contributed by atoms with Crippen LogP contribution < -0.4 is 16.4 Å². The third-order valence-corrected chi connectivity index (χ3v) is 2.71. The number of aliphatic hydroxyl groups excluding tert-OH is 1. The fourth-order valence-corrected chi connectivity index (χ4v) is 1.82. The number of hydrogen-bond acceptors (Lipinski definition) is 4. The predicted molar refractivity (Wildman–Crippen MR) is 72.5 cm³/mol. The molecule has 95 valence electrons. The third kappa shape index (κ3) is 3.28. The Labute approximate surface area is 107 Å². The number of allylic oxidation sites excluding steroid dienone is 2. The molecule has 2 rings (SSSR count). The number of anilines is 1. The van der Waals surface area contributed by atoms with E-state index >= 15 is 0 Å². The Hall–Kier alpha value is -1.94. The maximum atomic E-state index is 9.31. The first-order chi connectivity index (χ1) is 8.65. The summed E-state index contributed by atoms with van der Waals surface area (Å²) < 4.78 is 0. The molecule has 0 saturated carbocycles. The molecule has 2 atom stereocenters. The molecule has 1 radical (unpaired) electrons. The highest BCUT2D eigenvalue weighted by atomic mass is 16.3. The summed E-state index contributed by atoms with van der Waals surface area (Å²) in [5.41, 5.74) is 8.64. The topological polar surface area (TPSA) is 70.3 Å². The molecular weight excluding hydrogens is 226 g/mol. The summed E-state index contributed by atoms with van der Waals surface area (Å²) in [6.45, 7) is 1.78. The minimum absolute atomic E-state index is 0.103. The van der Waals surface area contributed by atoms with Gasteiger partial charge in [0.2, 0.25) is 0 Å². The fourth-order valence-electron chi connectivity index (χ4n) is 1.82. The smallest absolute Gasteiger partial charge is 0.137 e. The second-order valence-corrected chi connectivity index (χ2v) is 4.45. The number of aliphatic hydroxyl groups is 1. The van der Waals surface area contributed by atoms with Crippen LogP contribution in [0.2, 0.25) is 0 Å². The number of nitrogens with two attached hydrogens (primary N) is 1. The first-order valence-corrected chi connectivity index (χ1v) is 5.98. The van der Waals surface area contributed by atoms with Crippen molar-refractivity contribution in [1.82, 2.24) is 5.32 Å². The zero-order valence-electron chi connectivity index (χ0n) is 10.4. The van der Waals surface area contributed by atoms with Crippen molar-refractivity contribution >= 4 is 5.69 Å². The van der Waals surface area contributed by atoms with Crippen molar-refractivity contribution < 1.29 is 5.11 Å². The van der Waals surface area contributed by atoms with E-state index in [9.17, 15) is 5.11 Å². The number of dihydropyridines is 1. The molecule has 0 fully saturated rings. The van der Waals surface area contributed by atoms with Crippen LogP contribution in [0.4, 0.5) is 5.69 Å². The first kappa shape index (κ1) is 12.5. The van der Waals surface area contributed by atoms with Crippen molar-refractivity contribution in [2.75, 3.05) is 5.32 Å². The Bertz CT molecular complexity index is 449. The molecule has 0 bridgehead atoms. The lowest BCUT2D eigenvalue weighted by molar-refractivity contribution is 0.195. The average molecular weight is 244 g/mol. The van der Waals surface area contributed by atoms with E-state index in [1.54, 1.807) is 19.2 Å². The summed E-state index contributed by atoms with van der Waals surface area (Å²) in [5, 5.41) is 15.7. The molecule has 0 amide bonds. The van der Waals surface area contributed by atoms with Crippen LogP contribution in [0.5, 0.6) is 0 Å². The SMILES string of the molecule is C[C@H](O)Cc1ccc(NC2NC=[C]C=C2N)cc1. The van der Waals surface area contributed by atoms with Crippen LogP contribution in [0.25, 0.3) is 0 Å². The Morgan fingerprint density at radius 3 is 2.78 bits per heavy atom. The summed E-state index contributed by atoms with van der Waals surface area (Å²) in [7, 11) is 0. The number of benzene rings is 1. The van der Waals surface area contributed by atoms with Crippen molar-refractivity contribution in [3.63, 3.8) is 0 Å².